The van der Waals surface area contributed by atoms with E-state index in [4.69, 9.17) is 0 Å². The van der Waals surface area contributed by atoms with Gasteiger partial charge in [-0.25, -0.2) is 8.78 Å². The van der Waals surface area contributed by atoms with Gasteiger partial charge >= 0.3 is 0 Å². The lowest BCUT2D eigenvalue weighted by molar-refractivity contribution is 0.145. The first-order chi connectivity index (χ1) is 5.63. The van der Waals surface area contributed by atoms with Crippen molar-refractivity contribution >= 4 is 0 Å². The van der Waals surface area contributed by atoms with Crippen LogP contribution in [0.25, 0.3) is 0 Å². The fraction of sp³-hybridized carbons (Fsp3) is 0.333. The van der Waals surface area contributed by atoms with Crippen molar-refractivity contribution < 1.29 is 13.9 Å². The largest absolute Gasteiger partial charge is 0.385 e. The van der Waals surface area contributed by atoms with Crippen LogP contribution in [-0.2, 0) is 5.60 Å². The summed E-state index contributed by atoms with van der Waals surface area (Å²) in [5.41, 5.74) is -1.01. The van der Waals surface area contributed by atoms with Crippen LogP contribution in [0, 0.1) is 11.6 Å². The van der Waals surface area contributed by atoms with Crippen LogP contribution in [0.5, 0.6) is 0 Å². The van der Waals surface area contributed by atoms with E-state index in [-0.39, 0.29) is 5.56 Å². The number of aliphatic hydroxyl groups is 1. The zero-order valence-corrected chi connectivity index (χ0v) is 6.35. The third-order valence-electron chi connectivity index (χ3n) is 2.18. The molecule has 1 N–H and O–H groups in total. The standard InChI is InChI=1S/C9H8F2O/c10-7-3-1-2-6(8(7)11)9(12)4-5-9/h1-3,12H,4-5H2. The van der Waals surface area contributed by atoms with Crippen molar-refractivity contribution in [2.45, 2.75) is 18.4 Å². The Bertz CT molecular complexity index is 318. The third kappa shape index (κ3) is 1.01. The molecule has 1 aliphatic carbocycles. The summed E-state index contributed by atoms with van der Waals surface area (Å²) in [6, 6.07) is 3.88. The molecule has 1 aromatic carbocycles. The van der Waals surface area contributed by atoms with Crippen LogP contribution in [0.2, 0.25) is 0 Å². The van der Waals surface area contributed by atoms with E-state index in [9.17, 15) is 13.9 Å². The van der Waals surface area contributed by atoms with E-state index in [0.29, 0.717) is 12.8 Å². The Morgan fingerprint density at radius 1 is 1.25 bits per heavy atom. The van der Waals surface area contributed by atoms with Crippen LogP contribution in [0.4, 0.5) is 8.78 Å². The maximum absolute atomic E-state index is 13.0. The van der Waals surface area contributed by atoms with Gasteiger partial charge in [-0.15, -0.1) is 0 Å². The lowest BCUT2D eigenvalue weighted by Gasteiger charge is -2.08. The summed E-state index contributed by atoms with van der Waals surface area (Å²) >= 11 is 0. The molecule has 0 spiro atoms. The second-order valence-electron chi connectivity index (χ2n) is 3.13. The highest BCUT2D eigenvalue weighted by Crippen LogP contribution is 2.46. The highest BCUT2D eigenvalue weighted by molar-refractivity contribution is 5.29. The second kappa shape index (κ2) is 2.26. The van der Waals surface area contributed by atoms with Gasteiger partial charge in [0.25, 0.3) is 0 Å². The normalized spacial score (nSPS) is 19.2. The van der Waals surface area contributed by atoms with Crippen LogP contribution in [0.15, 0.2) is 18.2 Å². The molecule has 0 amide bonds. The van der Waals surface area contributed by atoms with E-state index in [1.54, 1.807) is 0 Å². The molecule has 0 bridgehead atoms. The van der Waals surface area contributed by atoms with Gasteiger partial charge in [-0.05, 0) is 18.9 Å². The van der Waals surface area contributed by atoms with E-state index in [1.165, 1.54) is 12.1 Å². The SMILES string of the molecule is OC1(c2cccc(F)c2F)CC1. The summed E-state index contributed by atoms with van der Waals surface area (Å²) in [4.78, 5) is 0. The average Bonchev–Trinajstić information content (AvgIpc) is 2.75. The quantitative estimate of drug-likeness (QED) is 0.682. The molecule has 0 aromatic heterocycles. The first kappa shape index (κ1) is 7.68. The Morgan fingerprint density at radius 3 is 2.50 bits per heavy atom. The molecular formula is C9H8F2O. The van der Waals surface area contributed by atoms with Crippen LogP contribution in [0.3, 0.4) is 0 Å². The predicted octanol–water partition coefficient (Wildman–Crippen LogP) is 1.95. The van der Waals surface area contributed by atoms with Crippen molar-refractivity contribution in [3.63, 3.8) is 0 Å². The summed E-state index contributed by atoms with van der Waals surface area (Å²) in [5, 5.41) is 9.50. The van der Waals surface area contributed by atoms with Gasteiger partial charge in [-0.2, -0.15) is 0 Å². The first-order valence-electron chi connectivity index (χ1n) is 3.80. The maximum Gasteiger partial charge on any atom is 0.164 e. The van der Waals surface area contributed by atoms with E-state index >= 15 is 0 Å². The Labute approximate surface area is 68.6 Å². The maximum atomic E-state index is 13.0. The molecule has 1 saturated carbocycles. The van der Waals surface area contributed by atoms with Gasteiger partial charge < -0.3 is 5.11 Å². The first-order valence-corrected chi connectivity index (χ1v) is 3.80. The van der Waals surface area contributed by atoms with Crippen molar-refractivity contribution in [3.05, 3.63) is 35.4 Å². The lowest BCUT2D eigenvalue weighted by atomic mass is 10.1. The molecule has 0 aliphatic heterocycles. The van der Waals surface area contributed by atoms with Gasteiger partial charge in [-0.1, -0.05) is 12.1 Å². The minimum atomic E-state index is -1.09. The fourth-order valence-electron chi connectivity index (χ4n) is 1.25. The fourth-order valence-corrected chi connectivity index (χ4v) is 1.25. The number of hydrogen-bond acceptors (Lipinski definition) is 1. The molecule has 1 fully saturated rings. The van der Waals surface area contributed by atoms with Gasteiger partial charge in [0, 0.05) is 5.56 Å². The minimum Gasteiger partial charge on any atom is -0.385 e. The average molecular weight is 170 g/mol. The number of rotatable bonds is 1. The Morgan fingerprint density at radius 2 is 1.92 bits per heavy atom. The molecule has 0 radical (unpaired) electrons. The van der Waals surface area contributed by atoms with E-state index in [2.05, 4.69) is 0 Å². The molecule has 1 aromatic rings. The molecule has 0 unspecified atom stereocenters. The highest BCUT2D eigenvalue weighted by Gasteiger charge is 2.44. The topological polar surface area (TPSA) is 20.2 Å². The van der Waals surface area contributed by atoms with Crippen molar-refractivity contribution in [2.75, 3.05) is 0 Å². The summed E-state index contributed by atoms with van der Waals surface area (Å²) < 4.78 is 25.7. The molecule has 0 atom stereocenters. The van der Waals surface area contributed by atoms with E-state index in [0.717, 1.165) is 6.07 Å². The predicted molar refractivity (Wildman–Crippen MR) is 39.5 cm³/mol. The number of hydrogen-bond donors (Lipinski definition) is 1. The van der Waals surface area contributed by atoms with Gasteiger partial charge in [0.1, 0.15) is 0 Å². The van der Waals surface area contributed by atoms with Crippen LogP contribution in [0.1, 0.15) is 18.4 Å². The van der Waals surface area contributed by atoms with Gasteiger partial charge in [0.15, 0.2) is 11.6 Å². The third-order valence-corrected chi connectivity index (χ3v) is 2.18. The summed E-state index contributed by atoms with van der Waals surface area (Å²) in [7, 11) is 0. The van der Waals surface area contributed by atoms with Crippen LogP contribution < -0.4 is 0 Å². The molecule has 64 valence electrons. The number of halogens is 2. The van der Waals surface area contributed by atoms with Crippen molar-refractivity contribution in [3.8, 4) is 0 Å². The van der Waals surface area contributed by atoms with Crippen molar-refractivity contribution in [1.82, 2.24) is 0 Å². The highest BCUT2D eigenvalue weighted by atomic mass is 19.2. The molecule has 0 heterocycles. The molecule has 12 heavy (non-hydrogen) atoms. The lowest BCUT2D eigenvalue weighted by Crippen LogP contribution is -2.08. The van der Waals surface area contributed by atoms with E-state index < -0.39 is 17.2 Å². The van der Waals surface area contributed by atoms with Gasteiger partial charge in [0.05, 0.1) is 5.60 Å². The van der Waals surface area contributed by atoms with Gasteiger partial charge in [0.2, 0.25) is 0 Å². The molecular weight excluding hydrogens is 162 g/mol. The Hall–Kier alpha value is -0.960. The van der Waals surface area contributed by atoms with E-state index in [1.807, 2.05) is 0 Å². The second-order valence-corrected chi connectivity index (χ2v) is 3.13. The smallest absolute Gasteiger partial charge is 0.164 e. The Balaban J connectivity index is 2.51. The number of benzene rings is 1. The zero-order valence-electron chi connectivity index (χ0n) is 6.35. The Kier molecular flexibility index (Phi) is 1.45. The van der Waals surface area contributed by atoms with Crippen molar-refractivity contribution in [2.24, 2.45) is 0 Å². The monoisotopic (exact) mass is 170 g/mol. The zero-order chi connectivity index (χ0) is 8.77. The molecule has 0 saturated heterocycles. The molecule has 3 heteroatoms. The van der Waals surface area contributed by atoms with Crippen molar-refractivity contribution in [1.29, 1.82) is 0 Å². The summed E-state index contributed by atoms with van der Waals surface area (Å²) in [6.45, 7) is 0. The molecule has 1 nitrogen and oxygen atoms in total. The van der Waals surface area contributed by atoms with Crippen LogP contribution in [-0.4, -0.2) is 5.11 Å². The summed E-state index contributed by atoms with van der Waals surface area (Å²) in [5.74, 6) is -1.81. The van der Waals surface area contributed by atoms with Gasteiger partial charge in [-0.3, -0.25) is 0 Å². The summed E-state index contributed by atoms with van der Waals surface area (Å²) in [6.07, 6.45) is 1.04. The minimum absolute atomic E-state index is 0.0856. The van der Waals surface area contributed by atoms with Crippen LogP contribution >= 0.6 is 0 Å². The molecule has 1 aliphatic rings. The molecule has 2 rings (SSSR count).